The number of aliphatic carboxylic acids is 1. The number of hydrogen-bond donors (Lipinski definition) is 2. The van der Waals surface area contributed by atoms with E-state index in [1.165, 1.54) is 6.20 Å². The molecule has 0 amide bonds. The Balaban J connectivity index is 3.88. The van der Waals surface area contributed by atoms with Crippen LogP contribution in [-0.4, -0.2) is 11.1 Å². The van der Waals surface area contributed by atoms with Crippen LogP contribution in [0.1, 0.15) is 26.7 Å². The predicted molar refractivity (Wildman–Crippen MR) is 44.0 cm³/mol. The molecule has 3 nitrogen and oxygen atoms in total. The second-order valence-electron chi connectivity index (χ2n) is 2.99. The lowest BCUT2D eigenvalue weighted by Gasteiger charge is -2.05. The van der Waals surface area contributed by atoms with Gasteiger partial charge in [-0.05, 0) is 24.1 Å². The maximum atomic E-state index is 10.3. The van der Waals surface area contributed by atoms with Gasteiger partial charge in [-0.1, -0.05) is 13.8 Å². The van der Waals surface area contributed by atoms with Crippen LogP contribution in [0, 0.1) is 5.92 Å². The van der Waals surface area contributed by atoms with Crippen molar-refractivity contribution in [2.45, 2.75) is 26.7 Å². The van der Waals surface area contributed by atoms with Crippen LogP contribution in [0.25, 0.3) is 0 Å². The van der Waals surface area contributed by atoms with Gasteiger partial charge in [0.15, 0.2) is 0 Å². The van der Waals surface area contributed by atoms with Gasteiger partial charge in [-0.2, -0.15) is 0 Å². The molecule has 0 rings (SSSR count). The monoisotopic (exact) mass is 157 g/mol. The topological polar surface area (TPSA) is 63.3 Å². The summed E-state index contributed by atoms with van der Waals surface area (Å²) in [7, 11) is 0. The molecule has 0 fully saturated rings. The first kappa shape index (κ1) is 10.0. The summed E-state index contributed by atoms with van der Waals surface area (Å²) in [5, 5.41) is 8.43. The largest absolute Gasteiger partial charge is 0.481 e. The lowest BCUT2D eigenvalue weighted by atomic mass is 10.0. The van der Waals surface area contributed by atoms with Crippen LogP contribution in [0.3, 0.4) is 0 Å². The zero-order chi connectivity index (χ0) is 8.85. The van der Waals surface area contributed by atoms with E-state index in [2.05, 4.69) is 0 Å². The van der Waals surface area contributed by atoms with E-state index < -0.39 is 5.97 Å². The highest BCUT2D eigenvalue weighted by molar-refractivity contribution is 5.69. The lowest BCUT2D eigenvalue weighted by molar-refractivity contribution is -0.136. The third-order valence-electron chi connectivity index (χ3n) is 1.28. The molecule has 0 bridgehead atoms. The molecule has 0 saturated heterocycles. The maximum absolute atomic E-state index is 10.3. The van der Waals surface area contributed by atoms with Crippen molar-refractivity contribution in [1.82, 2.24) is 0 Å². The molecule has 0 saturated carbocycles. The SMILES string of the molecule is CC(C)C/C(=C/N)CC(=O)O. The first-order valence-corrected chi connectivity index (χ1v) is 3.67. The van der Waals surface area contributed by atoms with Crippen molar-refractivity contribution in [3.05, 3.63) is 11.8 Å². The third-order valence-corrected chi connectivity index (χ3v) is 1.28. The molecule has 0 radical (unpaired) electrons. The van der Waals surface area contributed by atoms with Gasteiger partial charge in [-0.3, -0.25) is 4.79 Å². The van der Waals surface area contributed by atoms with Crippen LogP contribution in [0.2, 0.25) is 0 Å². The molecule has 0 spiro atoms. The van der Waals surface area contributed by atoms with Crippen LogP contribution in [0.15, 0.2) is 11.8 Å². The fourth-order valence-electron chi connectivity index (χ4n) is 0.918. The molecule has 11 heavy (non-hydrogen) atoms. The maximum Gasteiger partial charge on any atom is 0.307 e. The summed E-state index contributed by atoms with van der Waals surface area (Å²) in [6.45, 7) is 4.07. The fourth-order valence-corrected chi connectivity index (χ4v) is 0.918. The predicted octanol–water partition coefficient (Wildman–Crippen LogP) is 1.35. The minimum absolute atomic E-state index is 0.0642. The number of carboxylic acids is 1. The summed E-state index contributed by atoms with van der Waals surface area (Å²) in [5.41, 5.74) is 6.04. The second kappa shape index (κ2) is 4.77. The van der Waals surface area contributed by atoms with Gasteiger partial charge >= 0.3 is 5.97 Å². The molecule has 3 N–H and O–H groups in total. The zero-order valence-corrected chi connectivity index (χ0v) is 7.00. The molecule has 0 aliphatic carbocycles. The van der Waals surface area contributed by atoms with Crippen LogP contribution >= 0.6 is 0 Å². The molecule has 64 valence electrons. The van der Waals surface area contributed by atoms with Gasteiger partial charge in [0, 0.05) is 0 Å². The number of carboxylic acid groups (broad SMARTS) is 1. The summed E-state index contributed by atoms with van der Waals surface area (Å²) < 4.78 is 0. The summed E-state index contributed by atoms with van der Waals surface area (Å²) in [6.07, 6.45) is 2.23. The van der Waals surface area contributed by atoms with Crippen LogP contribution < -0.4 is 5.73 Å². The summed E-state index contributed by atoms with van der Waals surface area (Å²) in [4.78, 5) is 10.3. The molecule has 0 heterocycles. The van der Waals surface area contributed by atoms with E-state index in [0.29, 0.717) is 5.92 Å². The van der Waals surface area contributed by atoms with Crippen molar-refractivity contribution < 1.29 is 9.90 Å². The number of hydrogen-bond acceptors (Lipinski definition) is 2. The molecule has 0 aromatic rings. The van der Waals surface area contributed by atoms with Gasteiger partial charge in [0.2, 0.25) is 0 Å². The molecule has 0 aliphatic rings. The van der Waals surface area contributed by atoms with Gasteiger partial charge in [-0.15, -0.1) is 0 Å². The Hall–Kier alpha value is -0.990. The van der Waals surface area contributed by atoms with Crippen LogP contribution in [-0.2, 0) is 4.79 Å². The Morgan fingerprint density at radius 1 is 1.64 bits per heavy atom. The summed E-state index contributed by atoms with van der Waals surface area (Å²) in [5.74, 6) is -0.355. The van der Waals surface area contributed by atoms with Gasteiger partial charge in [0.05, 0.1) is 6.42 Å². The van der Waals surface area contributed by atoms with Crippen molar-refractivity contribution in [2.75, 3.05) is 0 Å². The average molecular weight is 157 g/mol. The summed E-state index contributed by atoms with van der Waals surface area (Å²) >= 11 is 0. The van der Waals surface area contributed by atoms with Crippen LogP contribution in [0.4, 0.5) is 0 Å². The van der Waals surface area contributed by atoms with Crippen molar-refractivity contribution in [3.63, 3.8) is 0 Å². The van der Waals surface area contributed by atoms with E-state index >= 15 is 0 Å². The van der Waals surface area contributed by atoms with E-state index in [0.717, 1.165) is 12.0 Å². The van der Waals surface area contributed by atoms with Crippen molar-refractivity contribution in [2.24, 2.45) is 11.7 Å². The van der Waals surface area contributed by atoms with E-state index in [1.54, 1.807) is 0 Å². The van der Waals surface area contributed by atoms with E-state index in [9.17, 15) is 4.79 Å². The molecular formula is C8H15NO2. The highest BCUT2D eigenvalue weighted by atomic mass is 16.4. The quantitative estimate of drug-likeness (QED) is 0.647. The normalized spacial score (nSPS) is 12.1. The smallest absolute Gasteiger partial charge is 0.307 e. The number of rotatable bonds is 4. The van der Waals surface area contributed by atoms with Crippen LogP contribution in [0.5, 0.6) is 0 Å². The van der Waals surface area contributed by atoms with Crippen molar-refractivity contribution in [1.29, 1.82) is 0 Å². The van der Waals surface area contributed by atoms with Crippen molar-refractivity contribution in [3.8, 4) is 0 Å². The minimum atomic E-state index is -0.817. The van der Waals surface area contributed by atoms with Crippen molar-refractivity contribution >= 4 is 5.97 Å². The standard InChI is InChI=1S/C8H15NO2/c1-6(2)3-7(5-9)4-8(10)11/h5-6H,3-4,9H2,1-2H3,(H,10,11)/b7-5-. The Morgan fingerprint density at radius 3 is 2.45 bits per heavy atom. The minimum Gasteiger partial charge on any atom is -0.481 e. The van der Waals surface area contributed by atoms with Gasteiger partial charge in [0.25, 0.3) is 0 Å². The Labute approximate surface area is 66.9 Å². The summed E-state index contributed by atoms with van der Waals surface area (Å²) in [6, 6.07) is 0. The second-order valence-corrected chi connectivity index (χ2v) is 2.99. The van der Waals surface area contributed by atoms with Gasteiger partial charge in [0.1, 0.15) is 0 Å². The van der Waals surface area contributed by atoms with Gasteiger partial charge in [-0.25, -0.2) is 0 Å². The molecule has 0 aromatic carbocycles. The Kier molecular flexibility index (Phi) is 4.34. The molecular weight excluding hydrogens is 142 g/mol. The molecule has 0 atom stereocenters. The first-order valence-electron chi connectivity index (χ1n) is 3.67. The Bertz CT molecular complexity index is 161. The molecule has 0 aliphatic heterocycles. The molecule has 0 aromatic heterocycles. The number of carbonyl (C=O) groups is 1. The highest BCUT2D eigenvalue weighted by Gasteiger charge is 2.04. The zero-order valence-electron chi connectivity index (χ0n) is 7.00. The van der Waals surface area contributed by atoms with E-state index in [1.807, 2.05) is 13.8 Å². The van der Waals surface area contributed by atoms with Gasteiger partial charge < -0.3 is 10.8 Å². The number of nitrogens with two attached hydrogens (primary N) is 1. The Morgan fingerprint density at radius 2 is 2.18 bits per heavy atom. The lowest BCUT2D eigenvalue weighted by Crippen LogP contribution is -2.02. The third kappa shape index (κ3) is 5.45. The fraction of sp³-hybridized carbons (Fsp3) is 0.625. The highest BCUT2D eigenvalue weighted by Crippen LogP contribution is 2.12. The van der Waals surface area contributed by atoms with E-state index in [4.69, 9.17) is 10.8 Å². The first-order chi connectivity index (χ1) is 5.06. The van der Waals surface area contributed by atoms with E-state index in [-0.39, 0.29) is 6.42 Å². The average Bonchev–Trinajstić information content (AvgIpc) is 1.84. The molecule has 0 unspecified atom stereocenters. The molecule has 3 heteroatoms.